The van der Waals surface area contributed by atoms with Crippen molar-refractivity contribution in [3.05, 3.63) is 0 Å². The van der Waals surface area contributed by atoms with E-state index in [9.17, 15) is 0 Å². The molecular weight excluding hydrogens is 240 g/mol. The standard InChI is InChI=1S/C3H11NO4P2S2/c1-3(2)4(9(5,6)11)10(7,8)12/h3H,1-2H3,(H2,5,6,11)(H2,7,8,12). The van der Waals surface area contributed by atoms with E-state index in [0.29, 0.717) is 4.44 Å². The summed E-state index contributed by atoms with van der Waals surface area (Å²) in [6.07, 6.45) is 0. The lowest BCUT2D eigenvalue weighted by Gasteiger charge is -2.31. The van der Waals surface area contributed by atoms with E-state index in [2.05, 4.69) is 23.6 Å². The van der Waals surface area contributed by atoms with Crippen LogP contribution in [-0.4, -0.2) is 30.1 Å². The summed E-state index contributed by atoms with van der Waals surface area (Å²) in [6, 6.07) is -0.508. The Hall–Kier alpha value is 1.10. The van der Waals surface area contributed by atoms with E-state index >= 15 is 0 Å². The van der Waals surface area contributed by atoms with Crippen LogP contribution in [0.1, 0.15) is 13.8 Å². The summed E-state index contributed by atoms with van der Waals surface area (Å²) in [4.78, 5) is 36.1. The van der Waals surface area contributed by atoms with Crippen molar-refractivity contribution in [2.24, 2.45) is 0 Å². The third-order valence-corrected chi connectivity index (χ3v) is 6.27. The van der Waals surface area contributed by atoms with Gasteiger partial charge in [-0.3, -0.25) is 0 Å². The van der Waals surface area contributed by atoms with Crippen molar-refractivity contribution in [3.8, 4) is 0 Å². The zero-order chi connectivity index (χ0) is 10.2. The Morgan fingerprint density at radius 3 is 1.25 bits per heavy atom. The highest BCUT2D eigenvalue weighted by molar-refractivity contribution is 8.16. The second kappa shape index (κ2) is 4.09. The molecule has 0 aromatic heterocycles. The Balaban J connectivity index is 4.97. The number of hydrogen-bond acceptors (Lipinski definition) is 2. The Kier molecular flexibility index (Phi) is 4.46. The zero-order valence-corrected chi connectivity index (χ0v) is 9.95. The molecule has 0 spiro atoms. The molecule has 0 aliphatic heterocycles. The van der Waals surface area contributed by atoms with Crippen molar-refractivity contribution >= 4 is 36.9 Å². The summed E-state index contributed by atoms with van der Waals surface area (Å²) in [5.74, 6) is 0. The quantitative estimate of drug-likeness (QED) is 0.530. The fourth-order valence-corrected chi connectivity index (χ4v) is 6.55. The monoisotopic (exact) mass is 251 g/mol. The van der Waals surface area contributed by atoms with Crippen molar-refractivity contribution in [1.29, 1.82) is 0 Å². The normalized spacial score (nSPS) is 14.3. The summed E-state index contributed by atoms with van der Waals surface area (Å²) in [7, 11) is 0. The lowest BCUT2D eigenvalue weighted by Crippen LogP contribution is -2.24. The van der Waals surface area contributed by atoms with E-state index in [4.69, 9.17) is 19.6 Å². The summed E-state index contributed by atoms with van der Waals surface area (Å²) in [5.41, 5.74) is 0. The van der Waals surface area contributed by atoms with Crippen molar-refractivity contribution in [1.82, 2.24) is 4.44 Å². The van der Waals surface area contributed by atoms with Crippen LogP contribution in [0.2, 0.25) is 0 Å². The maximum absolute atomic E-state index is 9.03. The van der Waals surface area contributed by atoms with Gasteiger partial charge in [-0.15, -0.1) is 0 Å². The molecule has 74 valence electrons. The van der Waals surface area contributed by atoms with Crippen molar-refractivity contribution < 1.29 is 19.6 Å². The highest BCUT2D eigenvalue weighted by atomic mass is 32.5. The third kappa shape index (κ3) is 3.87. The molecule has 12 heavy (non-hydrogen) atoms. The Morgan fingerprint density at radius 1 is 1.00 bits per heavy atom. The molecule has 0 fully saturated rings. The number of nitrogens with zero attached hydrogens (tertiary/aromatic N) is 1. The highest BCUT2D eigenvalue weighted by Gasteiger charge is 2.34. The number of rotatable bonds is 3. The van der Waals surface area contributed by atoms with Crippen molar-refractivity contribution in [2.75, 3.05) is 0 Å². The topological polar surface area (TPSA) is 84.2 Å². The van der Waals surface area contributed by atoms with Gasteiger partial charge >= 0.3 is 0 Å². The molecule has 0 aromatic rings. The molecule has 0 aromatic carbocycles. The van der Waals surface area contributed by atoms with E-state index < -0.39 is 19.3 Å². The average Bonchev–Trinajstić information content (AvgIpc) is 1.49. The maximum Gasteiger partial charge on any atom is 0.266 e. The van der Waals surface area contributed by atoms with Crippen LogP contribution >= 0.6 is 13.3 Å². The van der Waals surface area contributed by atoms with Gasteiger partial charge in [0.15, 0.2) is 0 Å². The minimum absolute atomic E-state index is 0.508. The van der Waals surface area contributed by atoms with E-state index in [1.807, 2.05) is 0 Å². The molecule has 0 aliphatic rings. The Bertz CT molecular complexity index is 223. The number of hydrogen-bond donors (Lipinski definition) is 4. The fourth-order valence-electron chi connectivity index (χ4n) is 0.753. The molecule has 0 saturated heterocycles. The zero-order valence-electron chi connectivity index (χ0n) is 6.52. The van der Waals surface area contributed by atoms with Gasteiger partial charge in [0.05, 0.1) is 0 Å². The molecule has 0 radical (unpaired) electrons. The minimum Gasteiger partial charge on any atom is -0.333 e. The predicted octanol–water partition coefficient (Wildman–Crippen LogP) is 0.115. The molecule has 0 unspecified atom stereocenters. The molecule has 0 rings (SSSR count). The molecule has 0 saturated carbocycles. The summed E-state index contributed by atoms with van der Waals surface area (Å²) in [6.45, 7) is -4.60. The van der Waals surface area contributed by atoms with Crippen LogP contribution in [-0.2, 0) is 23.6 Å². The molecule has 0 bridgehead atoms. The smallest absolute Gasteiger partial charge is 0.266 e. The van der Waals surface area contributed by atoms with Crippen LogP contribution in [0.3, 0.4) is 0 Å². The first kappa shape index (κ1) is 13.1. The second-order valence-corrected chi connectivity index (χ2v) is 8.61. The first-order valence-corrected chi connectivity index (χ1v) is 8.30. The van der Waals surface area contributed by atoms with E-state index in [-0.39, 0.29) is 0 Å². The molecule has 0 atom stereocenters. The fraction of sp³-hybridized carbons (Fsp3) is 1.00. The maximum atomic E-state index is 9.03. The largest absolute Gasteiger partial charge is 0.333 e. The lowest BCUT2D eigenvalue weighted by molar-refractivity contribution is 0.338. The van der Waals surface area contributed by atoms with Crippen LogP contribution in [0.4, 0.5) is 0 Å². The van der Waals surface area contributed by atoms with Crippen LogP contribution in [0.15, 0.2) is 0 Å². The van der Waals surface area contributed by atoms with Crippen molar-refractivity contribution in [2.45, 2.75) is 19.9 Å². The Morgan fingerprint density at radius 2 is 1.25 bits per heavy atom. The summed E-state index contributed by atoms with van der Waals surface area (Å²) in [5, 5.41) is 0. The predicted molar refractivity (Wildman–Crippen MR) is 54.4 cm³/mol. The van der Waals surface area contributed by atoms with Gasteiger partial charge in [-0.1, -0.05) is 0 Å². The van der Waals surface area contributed by atoms with E-state index in [1.54, 1.807) is 13.8 Å². The third-order valence-electron chi connectivity index (χ3n) is 0.996. The van der Waals surface area contributed by atoms with Crippen LogP contribution < -0.4 is 0 Å². The molecule has 9 heteroatoms. The SMILES string of the molecule is CC(C)N(P(O)(O)=S)P(O)(O)=S. The van der Waals surface area contributed by atoms with Gasteiger partial charge in [0, 0.05) is 6.04 Å². The molecule has 4 N–H and O–H groups in total. The van der Waals surface area contributed by atoms with Gasteiger partial charge < -0.3 is 19.6 Å². The molecule has 0 amide bonds. The van der Waals surface area contributed by atoms with Gasteiger partial charge in [-0.05, 0) is 37.5 Å². The van der Waals surface area contributed by atoms with Crippen LogP contribution in [0.25, 0.3) is 0 Å². The van der Waals surface area contributed by atoms with Crippen LogP contribution in [0, 0.1) is 0 Å². The first-order valence-electron chi connectivity index (χ1n) is 2.98. The van der Waals surface area contributed by atoms with Crippen molar-refractivity contribution in [3.63, 3.8) is 0 Å². The molecule has 0 heterocycles. The van der Waals surface area contributed by atoms with Gasteiger partial charge in [0.2, 0.25) is 0 Å². The summed E-state index contributed by atoms with van der Waals surface area (Å²) < 4.78 is 0.616. The minimum atomic E-state index is -3.84. The second-order valence-electron chi connectivity index (χ2n) is 2.44. The Labute approximate surface area is 81.1 Å². The summed E-state index contributed by atoms with van der Waals surface area (Å²) >= 11 is 8.64. The average molecular weight is 251 g/mol. The lowest BCUT2D eigenvalue weighted by atomic mass is 10.4. The van der Waals surface area contributed by atoms with Gasteiger partial charge in [0.25, 0.3) is 13.3 Å². The molecule has 0 aliphatic carbocycles. The highest BCUT2D eigenvalue weighted by Crippen LogP contribution is 2.59. The first-order chi connectivity index (χ1) is 5.07. The van der Waals surface area contributed by atoms with E-state index in [0.717, 1.165) is 0 Å². The van der Waals surface area contributed by atoms with Gasteiger partial charge in [0.1, 0.15) is 0 Å². The van der Waals surface area contributed by atoms with E-state index in [1.165, 1.54) is 0 Å². The van der Waals surface area contributed by atoms with Crippen LogP contribution in [0.5, 0.6) is 0 Å². The molecule has 5 nitrogen and oxygen atoms in total. The van der Waals surface area contributed by atoms with Gasteiger partial charge in [-0.25, -0.2) is 0 Å². The molecular formula is C3H11NO4P2S2. The van der Waals surface area contributed by atoms with Gasteiger partial charge in [-0.2, -0.15) is 4.44 Å².